The van der Waals surface area contributed by atoms with Crippen LogP contribution >= 0.6 is 0 Å². The monoisotopic (exact) mass is 341 g/mol. The molecule has 1 saturated heterocycles. The Bertz CT molecular complexity index is 653. The summed E-state index contributed by atoms with van der Waals surface area (Å²) in [5.41, 5.74) is 2.05. The molecule has 116 valence electrons. The summed E-state index contributed by atoms with van der Waals surface area (Å²) in [6, 6.07) is 16.1. The van der Waals surface area contributed by atoms with Crippen LogP contribution in [0.25, 0.3) is 0 Å². The molecule has 0 radical (unpaired) electrons. The van der Waals surface area contributed by atoms with Crippen molar-refractivity contribution in [2.24, 2.45) is 0 Å². The van der Waals surface area contributed by atoms with Crippen molar-refractivity contribution < 1.29 is 42.7 Å². The van der Waals surface area contributed by atoms with Gasteiger partial charge in [0.25, 0.3) is 0 Å². The first-order chi connectivity index (χ1) is 10.6. The Morgan fingerprint density at radius 1 is 1.09 bits per heavy atom. The number of benzene rings is 2. The van der Waals surface area contributed by atoms with Crippen LogP contribution in [0, 0.1) is 5.82 Å². The van der Waals surface area contributed by atoms with E-state index in [9.17, 15) is 13.2 Å². The maximum Gasteiger partial charge on any atom is 1.00 e. The van der Waals surface area contributed by atoms with Crippen molar-refractivity contribution in [1.29, 1.82) is 0 Å². The van der Waals surface area contributed by atoms with Gasteiger partial charge in [0.1, 0.15) is 5.82 Å². The quantitative estimate of drug-likeness (QED) is 0.565. The van der Waals surface area contributed by atoms with E-state index in [1.54, 1.807) is 12.1 Å². The fourth-order valence-electron chi connectivity index (χ4n) is 3.05. The number of likely N-dealkylation sites (tertiary alicyclic amines) is 1. The Hall–Kier alpha value is -0.560. The average Bonchev–Trinajstić information content (AvgIpc) is 2.93. The summed E-state index contributed by atoms with van der Waals surface area (Å²) >= 11 is -2.14. The molecule has 1 fully saturated rings. The van der Waals surface area contributed by atoms with Gasteiger partial charge in [0.05, 0.1) is 0 Å². The van der Waals surface area contributed by atoms with Gasteiger partial charge in [-0.15, -0.1) is 0 Å². The Labute approximate surface area is 160 Å². The van der Waals surface area contributed by atoms with Crippen LogP contribution < -0.4 is 29.6 Å². The van der Waals surface area contributed by atoms with Gasteiger partial charge < -0.3 is 4.55 Å². The molecule has 23 heavy (non-hydrogen) atoms. The maximum absolute atomic E-state index is 13.1. The Kier molecular flexibility index (Phi) is 6.95. The summed E-state index contributed by atoms with van der Waals surface area (Å²) in [5, 5.41) is -0.450. The van der Waals surface area contributed by atoms with Crippen molar-refractivity contribution in [3.8, 4) is 0 Å². The van der Waals surface area contributed by atoms with Crippen LogP contribution in [0.4, 0.5) is 4.39 Å². The second-order valence-corrected chi connectivity index (χ2v) is 6.76. The number of halogens is 1. The van der Waals surface area contributed by atoms with Gasteiger partial charge in [0, 0.05) is 30.8 Å². The van der Waals surface area contributed by atoms with Crippen molar-refractivity contribution >= 4 is 11.1 Å². The van der Waals surface area contributed by atoms with Crippen LogP contribution in [0.2, 0.25) is 0 Å². The van der Waals surface area contributed by atoms with Gasteiger partial charge in [-0.1, -0.05) is 53.5 Å². The third-order valence-corrected chi connectivity index (χ3v) is 5.11. The number of rotatable bonds is 4. The van der Waals surface area contributed by atoms with E-state index in [1.807, 2.05) is 30.3 Å². The molecule has 1 heterocycles. The van der Waals surface area contributed by atoms with Crippen molar-refractivity contribution in [2.75, 3.05) is 13.1 Å². The van der Waals surface area contributed by atoms with Crippen molar-refractivity contribution in [1.82, 2.24) is 4.90 Å². The molecule has 6 heteroatoms. The first-order valence-electron chi connectivity index (χ1n) is 7.23. The average molecular weight is 341 g/mol. The molecule has 1 aliphatic rings. The second kappa shape index (κ2) is 8.51. The van der Waals surface area contributed by atoms with Crippen molar-refractivity contribution in [3.05, 3.63) is 71.5 Å². The van der Waals surface area contributed by atoms with Crippen LogP contribution in [-0.2, 0) is 17.6 Å². The zero-order chi connectivity index (χ0) is 15.5. The van der Waals surface area contributed by atoms with Gasteiger partial charge >= 0.3 is 29.6 Å². The van der Waals surface area contributed by atoms with Crippen LogP contribution in [-0.4, -0.2) is 32.0 Å². The first-order valence-corrected chi connectivity index (χ1v) is 8.37. The van der Waals surface area contributed by atoms with Crippen LogP contribution in [0.3, 0.4) is 0 Å². The molecule has 1 aliphatic heterocycles. The van der Waals surface area contributed by atoms with Crippen LogP contribution in [0.15, 0.2) is 54.6 Å². The zero-order valence-electron chi connectivity index (χ0n) is 13.0. The molecule has 1 unspecified atom stereocenters. The van der Waals surface area contributed by atoms with Gasteiger partial charge in [-0.05, 0) is 23.3 Å². The largest absolute Gasteiger partial charge is 1.00 e. The van der Waals surface area contributed by atoms with E-state index in [4.69, 9.17) is 0 Å². The molecule has 0 saturated carbocycles. The van der Waals surface area contributed by atoms with E-state index in [1.165, 1.54) is 12.1 Å². The molecule has 2 aromatic carbocycles. The molecule has 2 aromatic rings. The predicted molar refractivity (Wildman–Crippen MR) is 83.6 cm³/mol. The molecule has 0 aromatic heterocycles. The minimum atomic E-state index is -2.14. The molecule has 0 amide bonds. The fourth-order valence-corrected chi connectivity index (χ4v) is 3.89. The van der Waals surface area contributed by atoms with E-state index in [-0.39, 0.29) is 41.3 Å². The third kappa shape index (κ3) is 4.72. The molecule has 0 bridgehead atoms. The van der Waals surface area contributed by atoms with Gasteiger partial charge in [0.15, 0.2) is 0 Å². The first kappa shape index (κ1) is 18.8. The number of nitrogens with zero attached hydrogens (tertiary/aromatic N) is 1. The molecule has 3 rings (SSSR count). The molecule has 3 nitrogen and oxygen atoms in total. The van der Waals surface area contributed by atoms with Gasteiger partial charge in [0.2, 0.25) is 0 Å². The molecule has 0 N–H and O–H groups in total. The summed E-state index contributed by atoms with van der Waals surface area (Å²) < 4.78 is 36.2. The van der Waals surface area contributed by atoms with Crippen LogP contribution in [0.5, 0.6) is 0 Å². The normalized spacial score (nSPS) is 22.5. The Balaban J connectivity index is 0.00000192. The fraction of sp³-hybridized carbons (Fsp3) is 0.294. The zero-order valence-corrected chi connectivity index (χ0v) is 15.8. The number of hydrogen-bond donors (Lipinski definition) is 0. The summed E-state index contributed by atoms with van der Waals surface area (Å²) in [6.07, 6.45) is 0. The summed E-state index contributed by atoms with van der Waals surface area (Å²) in [7, 11) is 0. The smallest absolute Gasteiger partial charge is 0.772 e. The minimum Gasteiger partial charge on any atom is -0.772 e. The van der Waals surface area contributed by atoms with Crippen molar-refractivity contribution in [2.45, 2.75) is 17.7 Å². The second-order valence-electron chi connectivity index (χ2n) is 5.64. The molecular formula is C17H17FNNaO2S. The Morgan fingerprint density at radius 3 is 2.35 bits per heavy atom. The minimum absolute atomic E-state index is 0. The van der Waals surface area contributed by atoms with Crippen molar-refractivity contribution in [3.63, 3.8) is 0 Å². The predicted octanol–water partition coefficient (Wildman–Crippen LogP) is -0.323. The van der Waals surface area contributed by atoms with E-state index in [0.717, 1.165) is 17.7 Å². The summed E-state index contributed by atoms with van der Waals surface area (Å²) in [6.45, 7) is 1.90. The van der Waals surface area contributed by atoms with Crippen LogP contribution in [0.1, 0.15) is 17.0 Å². The topological polar surface area (TPSA) is 43.4 Å². The Morgan fingerprint density at radius 2 is 1.74 bits per heavy atom. The molecule has 0 aliphatic carbocycles. The SMILES string of the molecule is O=S([O-])[C@@H]1CN(Cc2ccccc2)C[C@H]1c1ccc(F)cc1.[Na+]. The van der Waals surface area contributed by atoms with Gasteiger partial charge in [-0.3, -0.25) is 9.11 Å². The van der Waals surface area contributed by atoms with E-state index in [0.29, 0.717) is 13.1 Å². The maximum atomic E-state index is 13.1. The molecule has 3 atom stereocenters. The van der Waals surface area contributed by atoms with E-state index < -0.39 is 16.3 Å². The van der Waals surface area contributed by atoms with E-state index >= 15 is 0 Å². The molecule has 0 spiro atoms. The summed E-state index contributed by atoms with van der Waals surface area (Å²) in [5.74, 6) is -0.412. The molecular weight excluding hydrogens is 324 g/mol. The van der Waals surface area contributed by atoms with Gasteiger partial charge in [-0.2, -0.15) is 0 Å². The van der Waals surface area contributed by atoms with E-state index in [2.05, 4.69) is 4.90 Å². The van der Waals surface area contributed by atoms with Gasteiger partial charge in [-0.25, -0.2) is 4.39 Å². The summed E-state index contributed by atoms with van der Waals surface area (Å²) in [4.78, 5) is 2.14. The third-order valence-electron chi connectivity index (χ3n) is 4.14. The number of hydrogen-bond acceptors (Lipinski definition) is 3. The standard InChI is InChI=1S/C17H18FNO2S.Na/c18-15-8-6-14(7-9-15)16-11-19(12-17(16)22(20)21)10-13-4-2-1-3-5-13;/h1-9,16-17H,10-12H2,(H,20,21);/q;+1/p-1/t16-,17+;/m0./s1.